The van der Waals surface area contributed by atoms with Crippen molar-refractivity contribution in [2.45, 2.75) is 25.7 Å². The van der Waals surface area contributed by atoms with Crippen molar-refractivity contribution in [3.05, 3.63) is 77.6 Å². The fourth-order valence-electron chi connectivity index (χ4n) is 2.90. The highest BCUT2D eigenvalue weighted by Gasteiger charge is 2.07. The summed E-state index contributed by atoms with van der Waals surface area (Å²) in [5.41, 5.74) is 3.84. The summed E-state index contributed by atoms with van der Waals surface area (Å²) in [5, 5.41) is 11.4. The van der Waals surface area contributed by atoms with Crippen LogP contribution in [-0.4, -0.2) is 16.7 Å². The maximum Gasteiger partial charge on any atom is 0.0525 e. The van der Waals surface area contributed by atoms with E-state index in [0.717, 1.165) is 31.4 Å². The van der Waals surface area contributed by atoms with Gasteiger partial charge < -0.3 is 5.11 Å². The fourth-order valence-corrected chi connectivity index (χ4v) is 2.90. The Morgan fingerprint density at radius 3 is 2.45 bits per heavy atom. The van der Waals surface area contributed by atoms with E-state index in [-0.39, 0.29) is 6.61 Å². The molecule has 1 N–H and O–H groups in total. The van der Waals surface area contributed by atoms with Gasteiger partial charge in [0.15, 0.2) is 0 Å². The van der Waals surface area contributed by atoms with E-state index >= 15 is 0 Å². The summed E-state index contributed by atoms with van der Waals surface area (Å²) in [5.74, 6) is 0. The number of hydrogen-bond acceptors (Lipinski definition) is 2. The summed E-state index contributed by atoms with van der Waals surface area (Å²) in [7, 11) is 0. The SMILES string of the molecule is OCCCCc1ccccc1Cc1nccc2ccccc12. The minimum Gasteiger partial charge on any atom is -0.396 e. The van der Waals surface area contributed by atoms with Gasteiger partial charge in [-0.25, -0.2) is 0 Å². The van der Waals surface area contributed by atoms with Crippen LogP contribution in [0.5, 0.6) is 0 Å². The molecule has 112 valence electrons. The van der Waals surface area contributed by atoms with Gasteiger partial charge in [-0.1, -0.05) is 48.5 Å². The number of benzene rings is 2. The maximum atomic E-state index is 8.96. The van der Waals surface area contributed by atoms with Crippen LogP contribution in [0.4, 0.5) is 0 Å². The number of aryl methyl sites for hydroxylation is 1. The van der Waals surface area contributed by atoms with Crippen LogP contribution in [0.1, 0.15) is 29.7 Å². The lowest BCUT2D eigenvalue weighted by Gasteiger charge is -2.10. The van der Waals surface area contributed by atoms with Crippen LogP contribution in [-0.2, 0) is 12.8 Å². The predicted molar refractivity (Wildman–Crippen MR) is 91.0 cm³/mol. The normalized spacial score (nSPS) is 11.0. The van der Waals surface area contributed by atoms with Crippen LogP contribution in [0.2, 0.25) is 0 Å². The van der Waals surface area contributed by atoms with Gasteiger partial charge in [0.2, 0.25) is 0 Å². The summed E-state index contributed by atoms with van der Waals surface area (Å²) >= 11 is 0. The van der Waals surface area contributed by atoms with E-state index in [1.165, 1.54) is 21.9 Å². The summed E-state index contributed by atoms with van der Waals surface area (Å²) < 4.78 is 0. The molecular weight excluding hydrogens is 270 g/mol. The number of aliphatic hydroxyl groups excluding tert-OH is 1. The van der Waals surface area contributed by atoms with Gasteiger partial charge >= 0.3 is 0 Å². The van der Waals surface area contributed by atoms with Gasteiger partial charge in [0.05, 0.1) is 5.69 Å². The Bertz CT molecular complexity index is 746. The Hall–Kier alpha value is -2.19. The second-order valence-corrected chi connectivity index (χ2v) is 5.60. The molecule has 0 amide bonds. The van der Waals surface area contributed by atoms with Gasteiger partial charge in [-0.05, 0) is 41.8 Å². The van der Waals surface area contributed by atoms with Crippen LogP contribution < -0.4 is 0 Å². The van der Waals surface area contributed by atoms with Crippen molar-refractivity contribution >= 4 is 10.8 Å². The van der Waals surface area contributed by atoms with Crippen LogP contribution in [0.25, 0.3) is 10.8 Å². The molecule has 0 bridgehead atoms. The average molecular weight is 291 g/mol. The van der Waals surface area contributed by atoms with Crippen LogP contribution in [0.15, 0.2) is 60.8 Å². The van der Waals surface area contributed by atoms with Crippen molar-refractivity contribution < 1.29 is 5.11 Å². The zero-order chi connectivity index (χ0) is 15.2. The average Bonchev–Trinajstić information content (AvgIpc) is 2.57. The number of aliphatic hydroxyl groups is 1. The lowest BCUT2D eigenvalue weighted by molar-refractivity contribution is 0.284. The molecule has 2 nitrogen and oxygen atoms in total. The zero-order valence-corrected chi connectivity index (χ0v) is 12.7. The van der Waals surface area contributed by atoms with E-state index < -0.39 is 0 Å². The van der Waals surface area contributed by atoms with E-state index in [2.05, 4.69) is 59.6 Å². The summed E-state index contributed by atoms with van der Waals surface area (Å²) in [4.78, 5) is 4.60. The summed E-state index contributed by atoms with van der Waals surface area (Å²) in [6.45, 7) is 0.271. The third-order valence-corrected chi connectivity index (χ3v) is 4.09. The van der Waals surface area contributed by atoms with Gasteiger partial charge in [-0.2, -0.15) is 0 Å². The molecule has 1 aromatic heterocycles. The molecule has 2 aromatic carbocycles. The molecule has 0 aliphatic heterocycles. The minimum absolute atomic E-state index is 0.271. The molecule has 3 aromatic rings. The van der Waals surface area contributed by atoms with E-state index in [9.17, 15) is 0 Å². The van der Waals surface area contributed by atoms with E-state index in [0.29, 0.717) is 0 Å². The van der Waals surface area contributed by atoms with Crippen molar-refractivity contribution in [2.24, 2.45) is 0 Å². The maximum absolute atomic E-state index is 8.96. The van der Waals surface area contributed by atoms with Crippen LogP contribution in [0, 0.1) is 0 Å². The number of rotatable bonds is 6. The molecule has 0 saturated carbocycles. The smallest absolute Gasteiger partial charge is 0.0525 e. The molecule has 0 unspecified atom stereocenters. The van der Waals surface area contributed by atoms with E-state index in [4.69, 9.17) is 5.11 Å². The molecule has 0 saturated heterocycles. The second-order valence-electron chi connectivity index (χ2n) is 5.60. The molecule has 0 aliphatic carbocycles. The van der Waals surface area contributed by atoms with Crippen molar-refractivity contribution in [1.29, 1.82) is 0 Å². The molecule has 1 heterocycles. The molecule has 22 heavy (non-hydrogen) atoms. The highest BCUT2D eigenvalue weighted by Crippen LogP contribution is 2.21. The molecule has 3 rings (SSSR count). The van der Waals surface area contributed by atoms with E-state index in [1.54, 1.807) is 0 Å². The number of pyridine rings is 1. The third-order valence-electron chi connectivity index (χ3n) is 4.09. The van der Waals surface area contributed by atoms with Gasteiger partial charge in [-0.3, -0.25) is 4.98 Å². The van der Waals surface area contributed by atoms with E-state index in [1.807, 2.05) is 6.20 Å². The molecule has 0 fully saturated rings. The Morgan fingerprint density at radius 2 is 1.59 bits per heavy atom. The highest BCUT2D eigenvalue weighted by molar-refractivity contribution is 5.84. The predicted octanol–water partition coefficient (Wildman–Crippen LogP) is 4.14. The Balaban J connectivity index is 1.89. The monoisotopic (exact) mass is 291 g/mol. The molecule has 0 radical (unpaired) electrons. The Labute approximate surface area is 131 Å². The molecule has 0 spiro atoms. The number of nitrogens with zero attached hydrogens (tertiary/aromatic N) is 1. The highest BCUT2D eigenvalue weighted by atomic mass is 16.2. The van der Waals surface area contributed by atoms with Gasteiger partial charge in [-0.15, -0.1) is 0 Å². The van der Waals surface area contributed by atoms with Crippen molar-refractivity contribution in [2.75, 3.05) is 6.61 Å². The molecule has 0 aliphatic rings. The first kappa shape index (κ1) is 14.7. The van der Waals surface area contributed by atoms with Crippen molar-refractivity contribution in [1.82, 2.24) is 4.98 Å². The Morgan fingerprint density at radius 1 is 0.818 bits per heavy atom. The second kappa shape index (κ2) is 7.19. The first-order chi connectivity index (χ1) is 10.9. The number of unbranched alkanes of at least 4 members (excludes halogenated alkanes) is 1. The van der Waals surface area contributed by atoms with Gasteiger partial charge in [0, 0.05) is 24.6 Å². The first-order valence-electron chi connectivity index (χ1n) is 7.89. The lowest BCUT2D eigenvalue weighted by Crippen LogP contribution is -1.99. The Kier molecular flexibility index (Phi) is 4.81. The van der Waals surface area contributed by atoms with Crippen molar-refractivity contribution in [3.8, 4) is 0 Å². The van der Waals surface area contributed by atoms with Crippen molar-refractivity contribution in [3.63, 3.8) is 0 Å². The molecule has 2 heteroatoms. The number of aromatic nitrogens is 1. The van der Waals surface area contributed by atoms with Crippen LogP contribution in [0.3, 0.4) is 0 Å². The van der Waals surface area contributed by atoms with Crippen LogP contribution >= 0.6 is 0 Å². The first-order valence-corrected chi connectivity index (χ1v) is 7.89. The summed E-state index contributed by atoms with van der Waals surface area (Å²) in [6.07, 6.45) is 5.65. The standard InChI is InChI=1S/C20H21NO/c22-14-6-5-8-16-7-1-2-10-18(16)15-20-19-11-4-3-9-17(19)12-13-21-20/h1-4,7,9-13,22H,5-6,8,14-15H2. The number of hydrogen-bond donors (Lipinski definition) is 1. The minimum atomic E-state index is 0.271. The van der Waals surface area contributed by atoms with Gasteiger partial charge in [0.25, 0.3) is 0 Å². The molecule has 0 atom stereocenters. The third kappa shape index (κ3) is 3.34. The largest absolute Gasteiger partial charge is 0.396 e. The number of fused-ring (bicyclic) bond motifs is 1. The summed E-state index contributed by atoms with van der Waals surface area (Å²) in [6, 6.07) is 19.0. The zero-order valence-electron chi connectivity index (χ0n) is 12.7. The van der Waals surface area contributed by atoms with Gasteiger partial charge in [0.1, 0.15) is 0 Å². The fraction of sp³-hybridized carbons (Fsp3) is 0.250. The quantitative estimate of drug-likeness (QED) is 0.692. The topological polar surface area (TPSA) is 33.1 Å². The lowest BCUT2D eigenvalue weighted by atomic mass is 9.96. The molecular formula is C20H21NO.